The standard InChI is InChI=1S/C6H11N3O2S/c1-2-5-12(10,11)9-4-3-6(7)8-9/h3-4H,2,5H2,1H3,(H2,7,8). The molecule has 12 heavy (non-hydrogen) atoms. The molecule has 1 heterocycles. The van der Waals surface area contributed by atoms with Crippen molar-refractivity contribution in [1.29, 1.82) is 0 Å². The van der Waals surface area contributed by atoms with Crippen LogP contribution in [0.3, 0.4) is 0 Å². The Balaban J connectivity index is 2.98. The van der Waals surface area contributed by atoms with Crippen LogP contribution in [0, 0.1) is 0 Å². The van der Waals surface area contributed by atoms with E-state index in [1.54, 1.807) is 6.92 Å². The molecule has 0 saturated heterocycles. The molecule has 0 aliphatic heterocycles. The zero-order valence-corrected chi connectivity index (χ0v) is 7.58. The van der Waals surface area contributed by atoms with Crippen LogP contribution in [0.2, 0.25) is 0 Å². The minimum Gasteiger partial charge on any atom is -0.382 e. The highest BCUT2D eigenvalue weighted by Crippen LogP contribution is 2.01. The van der Waals surface area contributed by atoms with Crippen LogP contribution in [0.5, 0.6) is 0 Å². The fraction of sp³-hybridized carbons (Fsp3) is 0.500. The monoisotopic (exact) mass is 189 g/mol. The van der Waals surface area contributed by atoms with Gasteiger partial charge >= 0.3 is 0 Å². The molecule has 2 N–H and O–H groups in total. The molecular weight excluding hydrogens is 178 g/mol. The van der Waals surface area contributed by atoms with Gasteiger partial charge in [-0.25, -0.2) is 8.42 Å². The maximum Gasteiger partial charge on any atom is 0.253 e. The fourth-order valence-corrected chi connectivity index (χ4v) is 1.99. The Labute approximate surface area is 71.2 Å². The Morgan fingerprint density at radius 3 is 2.75 bits per heavy atom. The van der Waals surface area contributed by atoms with Crippen LogP contribution in [-0.4, -0.2) is 23.4 Å². The molecule has 0 radical (unpaired) electrons. The molecular formula is C6H11N3O2S. The van der Waals surface area contributed by atoms with Crippen molar-refractivity contribution in [3.63, 3.8) is 0 Å². The number of nitrogens with zero attached hydrogens (tertiary/aromatic N) is 2. The number of anilines is 1. The molecule has 0 fully saturated rings. The molecule has 0 saturated carbocycles. The average Bonchev–Trinajstić information content (AvgIpc) is 2.36. The van der Waals surface area contributed by atoms with Gasteiger partial charge in [0.15, 0.2) is 0 Å². The van der Waals surface area contributed by atoms with Crippen molar-refractivity contribution >= 4 is 15.8 Å². The van der Waals surface area contributed by atoms with Gasteiger partial charge in [0.05, 0.1) is 5.75 Å². The quantitative estimate of drug-likeness (QED) is 0.729. The van der Waals surface area contributed by atoms with Crippen LogP contribution >= 0.6 is 0 Å². The highest BCUT2D eigenvalue weighted by atomic mass is 32.2. The molecule has 0 atom stereocenters. The first-order valence-electron chi connectivity index (χ1n) is 3.60. The fourth-order valence-electron chi connectivity index (χ4n) is 0.827. The van der Waals surface area contributed by atoms with E-state index in [4.69, 9.17) is 5.73 Å². The van der Waals surface area contributed by atoms with Gasteiger partial charge in [0.2, 0.25) is 0 Å². The number of rotatable bonds is 3. The number of nitrogens with two attached hydrogens (primary N) is 1. The van der Waals surface area contributed by atoms with E-state index in [-0.39, 0.29) is 11.6 Å². The topological polar surface area (TPSA) is 78.0 Å². The molecule has 0 aromatic carbocycles. The van der Waals surface area contributed by atoms with Crippen molar-refractivity contribution in [3.8, 4) is 0 Å². The Morgan fingerprint density at radius 1 is 1.67 bits per heavy atom. The molecule has 6 heteroatoms. The van der Waals surface area contributed by atoms with E-state index in [1.165, 1.54) is 12.3 Å². The molecule has 68 valence electrons. The van der Waals surface area contributed by atoms with Gasteiger partial charge in [0.1, 0.15) is 5.82 Å². The van der Waals surface area contributed by atoms with Crippen molar-refractivity contribution in [2.45, 2.75) is 13.3 Å². The van der Waals surface area contributed by atoms with Gasteiger partial charge in [-0.1, -0.05) is 6.92 Å². The van der Waals surface area contributed by atoms with Gasteiger partial charge < -0.3 is 5.73 Å². The molecule has 0 amide bonds. The summed E-state index contributed by atoms with van der Waals surface area (Å²) in [4.78, 5) is 0. The summed E-state index contributed by atoms with van der Waals surface area (Å²) < 4.78 is 23.5. The van der Waals surface area contributed by atoms with E-state index in [1.807, 2.05) is 0 Å². The molecule has 1 rings (SSSR count). The second-order valence-electron chi connectivity index (χ2n) is 2.43. The van der Waals surface area contributed by atoms with E-state index < -0.39 is 10.0 Å². The van der Waals surface area contributed by atoms with Crippen LogP contribution < -0.4 is 5.73 Å². The maximum atomic E-state index is 11.3. The summed E-state index contributed by atoms with van der Waals surface area (Å²) in [7, 11) is -3.26. The summed E-state index contributed by atoms with van der Waals surface area (Å²) in [5.74, 6) is 0.309. The first kappa shape index (κ1) is 9.05. The van der Waals surface area contributed by atoms with Crippen LogP contribution in [0.25, 0.3) is 0 Å². The minimum atomic E-state index is -3.26. The van der Waals surface area contributed by atoms with Crippen molar-refractivity contribution in [2.24, 2.45) is 0 Å². The summed E-state index contributed by atoms with van der Waals surface area (Å²) >= 11 is 0. The number of aromatic nitrogens is 2. The molecule has 1 aromatic heterocycles. The third kappa shape index (κ3) is 1.76. The van der Waals surface area contributed by atoms with Gasteiger partial charge in [-0.2, -0.15) is 4.09 Å². The molecule has 0 aliphatic rings. The molecule has 0 spiro atoms. The molecule has 0 bridgehead atoms. The highest BCUT2D eigenvalue weighted by molar-refractivity contribution is 7.89. The molecule has 5 nitrogen and oxygen atoms in total. The Bertz CT molecular complexity index is 355. The molecule has 0 unspecified atom stereocenters. The van der Waals surface area contributed by atoms with Crippen LogP contribution in [0.15, 0.2) is 12.3 Å². The van der Waals surface area contributed by atoms with Gasteiger partial charge in [0, 0.05) is 12.3 Å². The summed E-state index contributed by atoms with van der Waals surface area (Å²) in [6.45, 7) is 1.80. The highest BCUT2D eigenvalue weighted by Gasteiger charge is 2.11. The van der Waals surface area contributed by atoms with E-state index >= 15 is 0 Å². The Hall–Kier alpha value is -1.04. The van der Waals surface area contributed by atoms with Gasteiger partial charge in [-0.15, -0.1) is 5.10 Å². The van der Waals surface area contributed by atoms with Crippen LogP contribution in [0.4, 0.5) is 5.82 Å². The van der Waals surface area contributed by atoms with E-state index in [0.29, 0.717) is 6.42 Å². The first-order chi connectivity index (χ1) is 5.56. The third-order valence-corrected chi connectivity index (χ3v) is 3.03. The van der Waals surface area contributed by atoms with E-state index in [2.05, 4.69) is 5.10 Å². The summed E-state index contributed by atoms with van der Waals surface area (Å²) in [6, 6.07) is 1.45. The lowest BCUT2D eigenvalue weighted by Crippen LogP contribution is -2.16. The van der Waals surface area contributed by atoms with E-state index in [9.17, 15) is 8.42 Å². The first-order valence-corrected chi connectivity index (χ1v) is 5.21. The van der Waals surface area contributed by atoms with Gasteiger partial charge in [-0.3, -0.25) is 0 Å². The number of nitrogen functional groups attached to an aromatic ring is 1. The second kappa shape index (κ2) is 3.14. The van der Waals surface area contributed by atoms with E-state index in [0.717, 1.165) is 4.09 Å². The summed E-state index contributed by atoms with van der Waals surface area (Å²) in [5.41, 5.74) is 5.28. The normalized spacial score (nSPS) is 11.8. The predicted octanol–water partition coefficient (Wildman–Crippen LogP) is 0.0532. The number of hydrogen-bond donors (Lipinski definition) is 1. The SMILES string of the molecule is CCCS(=O)(=O)n1ccc(N)n1. The average molecular weight is 189 g/mol. The number of hydrogen-bond acceptors (Lipinski definition) is 4. The Kier molecular flexibility index (Phi) is 2.37. The minimum absolute atomic E-state index is 0.0914. The molecule has 1 aromatic rings. The van der Waals surface area contributed by atoms with Crippen LogP contribution in [0.1, 0.15) is 13.3 Å². The van der Waals surface area contributed by atoms with Crippen molar-refractivity contribution in [1.82, 2.24) is 9.19 Å². The van der Waals surface area contributed by atoms with Crippen molar-refractivity contribution < 1.29 is 8.42 Å². The predicted molar refractivity (Wildman–Crippen MR) is 46.1 cm³/mol. The molecule has 0 aliphatic carbocycles. The second-order valence-corrected chi connectivity index (χ2v) is 4.38. The van der Waals surface area contributed by atoms with Crippen LogP contribution in [-0.2, 0) is 10.0 Å². The smallest absolute Gasteiger partial charge is 0.253 e. The largest absolute Gasteiger partial charge is 0.382 e. The third-order valence-electron chi connectivity index (χ3n) is 1.33. The van der Waals surface area contributed by atoms with Crippen molar-refractivity contribution in [3.05, 3.63) is 12.3 Å². The lowest BCUT2D eigenvalue weighted by Gasteiger charge is -2.00. The maximum absolute atomic E-state index is 11.3. The van der Waals surface area contributed by atoms with Gasteiger partial charge in [-0.05, 0) is 6.42 Å². The zero-order valence-electron chi connectivity index (χ0n) is 6.77. The van der Waals surface area contributed by atoms with Gasteiger partial charge in [0.25, 0.3) is 10.0 Å². The summed E-state index contributed by atoms with van der Waals surface area (Å²) in [5, 5.41) is 3.61. The van der Waals surface area contributed by atoms with Crippen molar-refractivity contribution in [2.75, 3.05) is 11.5 Å². The lowest BCUT2D eigenvalue weighted by molar-refractivity contribution is 0.579. The Morgan fingerprint density at radius 2 is 2.33 bits per heavy atom. The lowest BCUT2D eigenvalue weighted by atomic mass is 10.6. The zero-order chi connectivity index (χ0) is 9.19. The summed E-state index contributed by atoms with van der Waals surface area (Å²) in [6.07, 6.45) is 1.92.